The third kappa shape index (κ3) is 2.24. The molecule has 1 N–H and O–H groups in total. The molecule has 2 saturated carbocycles. The quantitative estimate of drug-likeness (QED) is 0.909. The first-order valence-corrected chi connectivity index (χ1v) is 10.5. The van der Waals surface area contributed by atoms with E-state index in [-0.39, 0.29) is 17.0 Å². The van der Waals surface area contributed by atoms with E-state index in [1.165, 1.54) is 11.1 Å². The van der Waals surface area contributed by atoms with Crippen molar-refractivity contribution in [2.45, 2.75) is 52.4 Å². The van der Waals surface area contributed by atoms with E-state index in [2.05, 4.69) is 18.6 Å². The van der Waals surface area contributed by atoms with Gasteiger partial charge in [0.25, 0.3) is 0 Å². The molecule has 3 aliphatic carbocycles. The molecular formula is C19H25NO3S. The monoisotopic (exact) mass is 347 g/mol. The molecule has 0 spiro atoms. The van der Waals surface area contributed by atoms with Gasteiger partial charge in [-0.05, 0) is 66.7 Å². The molecule has 0 heterocycles. The second-order valence-corrected chi connectivity index (χ2v) is 10.1. The standard InChI is InChI=1S/C19H25NO3S/c1-18(2)15-8-9-19(18,17(21)11-15)12-24(22,23)20-16-7-6-13-4-3-5-14(13)10-16/h6-7,10,15,20H,3-5,8-9,11-12H2,1-2H3. The molecule has 2 unspecified atom stereocenters. The molecule has 2 fully saturated rings. The zero-order chi connectivity index (χ0) is 17.2. The molecule has 3 aliphatic rings. The van der Waals surface area contributed by atoms with Gasteiger partial charge < -0.3 is 0 Å². The maximum atomic E-state index is 12.8. The van der Waals surface area contributed by atoms with Crippen molar-refractivity contribution in [3.05, 3.63) is 29.3 Å². The van der Waals surface area contributed by atoms with E-state index in [0.29, 0.717) is 24.4 Å². The van der Waals surface area contributed by atoms with E-state index in [4.69, 9.17) is 0 Å². The van der Waals surface area contributed by atoms with E-state index in [1.54, 1.807) is 0 Å². The van der Waals surface area contributed by atoms with Gasteiger partial charge in [-0.25, -0.2) is 8.42 Å². The Kier molecular flexibility index (Phi) is 3.41. The SMILES string of the molecule is CC1(C)C2CCC1(CS(=O)(=O)Nc1ccc3c(c1)CCC3)C(=O)C2. The number of carbonyl (C=O) groups is 1. The normalized spacial score (nSPS) is 30.6. The van der Waals surface area contributed by atoms with Crippen molar-refractivity contribution in [3.8, 4) is 0 Å². The van der Waals surface area contributed by atoms with Gasteiger partial charge >= 0.3 is 0 Å². The summed E-state index contributed by atoms with van der Waals surface area (Å²) in [4.78, 5) is 12.6. The van der Waals surface area contributed by atoms with Crippen LogP contribution in [0, 0.1) is 16.7 Å². The van der Waals surface area contributed by atoms with E-state index in [9.17, 15) is 13.2 Å². The molecule has 1 aromatic carbocycles. The van der Waals surface area contributed by atoms with Crippen molar-refractivity contribution in [2.24, 2.45) is 16.7 Å². The number of benzene rings is 1. The van der Waals surface area contributed by atoms with E-state index in [0.717, 1.165) is 25.7 Å². The number of hydrogen-bond acceptors (Lipinski definition) is 3. The second kappa shape index (κ2) is 5.07. The van der Waals surface area contributed by atoms with Crippen molar-refractivity contribution in [3.63, 3.8) is 0 Å². The molecule has 4 rings (SSSR count). The minimum atomic E-state index is -3.55. The Morgan fingerprint density at radius 2 is 1.96 bits per heavy atom. The molecule has 0 aliphatic heterocycles. The Bertz CT molecular complexity index is 812. The summed E-state index contributed by atoms with van der Waals surface area (Å²) in [7, 11) is -3.55. The van der Waals surface area contributed by atoms with Crippen LogP contribution in [0.4, 0.5) is 5.69 Å². The maximum Gasteiger partial charge on any atom is 0.233 e. The van der Waals surface area contributed by atoms with Crippen LogP contribution in [0.25, 0.3) is 0 Å². The summed E-state index contributed by atoms with van der Waals surface area (Å²) in [6.07, 6.45) is 5.44. The van der Waals surface area contributed by atoms with Crippen LogP contribution in [-0.2, 0) is 27.7 Å². The molecule has 0 aromatic heterocycles. The number of aryl methyl sites for hydroxylation is 2. The Morgan fingerprint density at radius 3 is 2.62 bits per heavy atom. The smallest absolute Gasteiger partial charge is 0.233 e. The lowest BCUT2D eigenvalue weighted by atomic mass is 9.70. The van der Waals surface area contributed by atoms with Gasteiger partial charge in [0.2, 0.25) is 10.0 Å². The highest BCUT2D eigenvalue weighted by atomic mass is 32.2. The van der Waals surface area contributed by atoms with Crippen molar-refractivity contribution in [1.82, 2.24) is 0 Å². The van der Waals surface area contributed by atoms with E-state index < -0.39 is 15.4 Å². The second-order valence-electron chi connectivity index (χ2n) is 8.36. The van der Waals surface area contributed by atoms with Crippen molar-refractivity contribution < 1.29 is 13.2 Å². The van der Waals surface area contributed by atoms with Gasteiger partial charge in [0.15, 0.2) is 0 Å². The molecule has 5 heteroatoms. The summed E-state index contributed by atoms with van der Waals surface area (Å²) in [6.45, 7) is 4.14. The van der Waals surface area contributed by atoms with Gasteiger partial charge in [0.1, 0.15) is 5.78 Å². The fraction of sp³-hybridized carbons (Fsp3) is 0.632. The first kappa shape index (κ1) is 16.1. The topological polar surface area (TPSA) is 63.2 Å². The van der Waals surface area contributed by atoms with Gasteiger partial charge in [0.05, 0.1) is 11.2 Å². The molecule has 130 valence electrons. The average Bonchev–Trinajstić information content (AvgIpc) is 3.08. The highest BCUT2D eigenvalue weighted by Gasteiger charge is 2.65. The molecule has 2 bridgehead atoms. The number of Topliss-reactive ketones (excluding diaryl/α,β-unsaturated/α-hetero) is 1. The zero-order valence-electron chi connectivity index (χ0n) is 14.4. The van der Waals surface area contributed by atoms with Crippen LogP contribution in [0.3, 0.4) is 0 Å². The van der Waals surface area contributed by atoms with Crippen LogP contribution in [-0.4, -0.2) is 20.0 Å². The van der Waals surface area contributed by atoms with Gasteiger partial charge in [-0.15, -0.1) is 0 Å². The molecule has 0 radical (unpaired) electrons. The number of sulfonamides is 1. The molecule has 4 nitrogen and oxygen atoms in total. The zero-order valence-corrected chi connectivity index (χ0v) is 15.2. The number of hydrogen-bond donors (Lipinski definition) is 1. The summed E-state index contributed by atoms with van der Waals surface area (Å²) < 4.78 is 28.3. The number of rotatable bonds is 4. The van der Waals surface area contributed by atoms with Gasteiger partial charge in [-0.1, -0.05) is 19.9 Å². The Hall–Kier alpha value is -1.36. The minimum absolute atomic E-state index is 0.0839. The summed E-state index contributed by atoms with van der Waals surface area (Å²) in [5, 5.41) is 0. The van der Waals surface area contributed by atoms with Crippen LogP contribution < -0.4 is 4.72 Å². The number of nitrogens with one attached hydrogen (secondary N) is 1. The predicted molar refractivity (Wildman–Crippen MR) is 94.4 cm³/mol. The summed E-state index contributed by atoms with van der Waals surface area (Å²) in [6, 6.07) is 5.82. The Morgan fingerprint density at radius 1 is 1.21 bits per heavy atom. The first-order valence-electron chi connectivity index (χ1n) is 8.89. The lowest BCUT2D eigenvalue weighted by molar-refractivity contribution is -0.128. The average molecular weight is 347 g/mol. The van der Waals surface area contributed by atoms with Crippen LogP contribution in [0.15, 0.2) is 18.2 Å². The fourth-order valence-corrected chi connectivity index (χ4v) is 7.17. The van der Waals surface area contributed by atoms with E-state index >= 15 is 0 Å². The minimum Gasteiger partial charge on any atom is -0.299 e. The fourth-order valence-electron chi connectivity index (χ4n) is 5.28. The van der Waals surface area contributed by atoms with E-state index in [1.807, 2.05) is 18.2 Å². The number of fused-ring (bicyclic) bond motifs is 3. The van der Waals surface area contributed by atoms with Crippen molar-refractivity contribution >= 4 is 21.5 Å². The largest absolute Gasteiger partial charge is 0.299 e. The molecule has 1 aromatic rings. The van der Waals surface area contributed by atoms with Crippen molar-refractivity contribution in [2.75, 3.05) is 10.5 Å². The highest BCUT2D eigenvalue weighted by Crippen LogP contribution is 2.64. The number of carbonyl (C=O) groups excluding carboxylic acids is 1. The predicted octanol–water partition coefficient (Wildman–Crippen LogP) is 3.31. The van der Waals surface area contributed by atoms with Gasteiger partial charge in [-0.2, -0.15) is 0 Å². The number of ketones is 1. The Balaban J connectivity index is 1.59. The molecule has 0 saturated heterocycles. The van der Waals surface area contributed by atoms with Crippen LogP contribution in [0.2, 0.25) is 0 Å². The lowest BCUT2D eigenvalue weighted by Gasteiger charge is -2.36. The lowest BCUT2D eigenvalue weighted by Crippen LogP contribution is -2.43. The molecule has 0 amide bonds. The third-order valence-electron chi connectivity index (χ3n) is 6.95. The number of anilines is 1. The van der Waals surface area contributed by atoms with Gasteiger partial charge in [0, 0.05) is 12.1 Å². The Labute approximate surface area is 144 Å². The van der Waals surface area contributed by atoms with Gasteiger partial charge in [-0.3, -0.25) is 9.52 Å². The van der Waals surface area contributed by atoms with Crippen LogP contribution >= 0.6 is 0 Å². The van der Waals surface area contributed by atoms with Crippen LogP contribution in [0.1, 0.15) is 50.7 Å². The maximum absolute atomic E-state index is 12.8. The summed E-state index contributed by atoms with van der Waals surface area (Å²) >= 11 is 0. The first-order chi connectivity index (χ1) is 11.2. The molecule has 24 heavy (non-hydrogen) atoms. The van der Waals surface area contributed by atoms with Crippen molar-refractivity contribution in [1.29, 1.82) is 0 Å². The van der Waals surface area contributed by atoms with Crippen LogP contribution in [0.5, 0.6) is 0 Å². The highest BCUT2D eigenvalue weighted by molar-refractivity contribution is 7.92. The molecule has 2 atom stereocenters. The molecular weight excluding hydrogens is 322 g/mol. The summed E-state index contributed by atoms with van der Waals surface area (Å²) in [5.41, 5.74) is 2.26. The summed E-state index contributed by atoms with van der Waals surface area (Å²) in [5.74, 6) is 0.391. The third-order valence-corrected chi connectivity index (χ3v) is 8.37.